The second-order valence-electron chi connectivity index (χ2n) is 2.75. The first kappa shape index (κ1) is 10.8. The Balaban J connectivity index is 3.03. The Kier molecular flexibility index (Phi) is 3.06. The molecule has 0 aliphatic rings. The monoisotopic (exact) mass is 208 g/mol. The predicted octanol–water partition coefficient (Wildman–Crippen LogP) is -0.510. The summed E-state index contributed by atoms with van der Waals surface area (Å²) in [6, 6.07) is 0.754. The quantitative estimate of drug-likeness (QED) is 0.384. The van der Waals surface area contributed by atoms with Crippen molar-refractivity contribution in [3.05, 3.63) is 17.8 Å². The van der Waals surface area contributed by atoms with Gasteiger partial charge in [0, 0.05) is 25.0 Å². The summed E-state index contributed by atoms with van der Waals surface area (Å²) in [5.41, 5.74) is 17.1. The summed E-state index contributed by atoms with van der Waals surface area (Å²) >= 11 is 0. The minimum absolute atomic E-state index is 0.271. The van der Waals surface area contributed by atoms with Crippen LogP contribution in [0.5, 0.6) is 0 Å². The molecule has 0 atom stereocenters. The maximum atomic E-state index is 10.5. The van der Waals surface area contributed by atoms with Crippen LogP contribution in [0.2, 0.25) is 0 Å². The van der Waals surface area contributed by atoms with E-state index in [1.54, 1.807) is 7.05 Å². The van der Waals surface area contributed by atoms with E-state index in [1.165, 1.54) is 12.3 Å². The van der Waals surface area contributed by atoms with Crippen molar-refractivity contribution in [3.8, 4) is 0 Å². The summed E-state index contributed by atoms with van der Waals surface area (Å²) in [4.78, 5) is 18.2. The highest BCUT2D eigenvalue weighted by molar-refractivity contribution is 6.02. The zero-order valence-corrected chi connectivity index (χ0v) is 8.19. The van der Waals surface area contributed by atoms with Crippen molar-refractivity contribution in [1.82, 2.24) is 4.98 Å². The van der Waals surface area contributed by atoms with Crippen molar-refractivity contribution in [2.24, 2.45) is 16.5 Å². The van der Waals surface area contributed by atoms with Crippen molar-refractivity contribution in [2.45, 2.75) is 0 Å². The normalized spacial score (nSPS) is 11.1. The number of nitrogens with zero attached hydrogens (tertiary/aromatic N) is 2. The van der Waals surface area contributed by atoms with Gasteiger partial charge >= 0.3 is 6.03 Å². The molecule has 0 radical (unpaired) electrons. The number of aliphatic imine (C=N–C) groups is 1. The number of nitrogen functional groups attached to an aromatic ring is 1. The maximum absolute atomic E-state index is 10.5. The number of carbonyl (C=O) groups is 1. The predicted molar refractivity (Wildman–Crippen MR) is 58.5 cm³/mol. The Labute approximate surface area is 86.4 Å². The number of anilines is 2. The number of pyridine rings is 1. The molecule has 1 aromatic heterocycles. The van der Waals surface area contributed by atoms with Crippen LogP contribution < -0.4 is 22.5 Å². The molecule has 0 spiro atoms. The lowest BCUT2D eigenvalue weighted by atomic mass is 10.2. The number of urea groups is 1. The Morgan fingerprint density at radius 1 is 1.53 bits per heavy atom. The molecule has 0 aromatic carbocycles. The standard InChI is InChI=1S/C8H12N6O/c1-12-7(10)4-3-13-6(2-5(4)9)14-8(11)15/h2-3H,1H3,(H2,10,12)(H5,9,11,13,14,15). The van der Waals surface area contributed by atoms with E-state index in [-0.39, 0.29) is 11.7 Å². The number of nitrogens with two attached hydrogens (primary N) is 3. The minimum Gasteiger partial charge on any atom is -0.398 e. The average molecular weight is 208 g/mol. The second-order valence-corrected chi connectivity index (χ2v) is 2.75. The highest BCUT2D eigenvalue weighted by Gasteiger charge is 2.06. The van der Waals surface area contributed by atoms with Crippen molar-refractivity contribution < 1.29 is 4.79 Å². The number of hydrogen-bond donors (Lipinski definition) is 4. The van der Waals surface area contributed by atoms with Crippen LogP contribution in [-0.2, 0) is 0 Å². The van der Waals surface area contributed by atoms with Gasteiger partial charge in [-0.05, 0) is 0 Å². The van der Waals surface area contributed by atoms with Gasteiger partial charge in [-0.1, -0.05) is 0 Å². The molecule has 2 amide bonds. The molecule has 1 aromatic rings. The first-order valence-electron chi connectivity index (χ1n) is 4.09. The highest BCUT2D eigenvalue weighted by atomic mass is 16.2. The van der Waals surface area contributed by atoms with E-state index in [2.05, 4.69) is 15.3 Å². The van der Waals surface area contributed by atoms with Gasteiger partial charge in [-0.2, -0.15) is 0 Å². The molecule has 0 saturated carbocycles. The highest BCUT2D eigenvalue weighted by Crippen LogP contribution is 2.14. The zero-order valence-electron chi connectivity index (χ0n) is 8.19. The summed E-state index contributed by atoms with van der Waals surface area (Å²) in [5, 5.41) is 2.30. The number of amides is 2. The molecular weight excluding hydrogens is 196 g/mol. The van der Waals surface area contributed by atoms with Gasteiger partial charge in [0.05, 0.1) is 5.56 Å². The van der Waals surface area contributed by atoms with E-state index in [0.717, 1.165) is 0 Å². The number of nitrogens with one attached hydrogen (secondary N) is 1. The van der Waals surface area contributed by atoms with E-state index < -0.39 is 6.03 Å². The van der Waals surface area contributed by atoms with E-state index in [0.29, 0.717) is 11.3 Å². The van der Waals surface area contributed by atoms with E-state index >= 15 is 0 Å². The van der Waals surface area contributed by atoms with Gasteiger partial charge < -0.3 is 17.2 Å². The molecule has 1 rings (SSSR count). The van der Waals surface area contributed by atoms with Gasteiger partial charge in [-0.3, -0.25) is 10.3 Å². The van der Waals surface area contributed by atoms with Crippen LogP contribution in [0.3, 0.4) is 0 Å². The minimum atomic E-state index is -0.702. The molecule has 7 N–H and O–H groups in total. The smallest absolute Gasteiger partial charge is 0.317 e. The summed E-state index contributed by atoms with van der Waals surface area (Å²) in [6.45, 7) is 0. The summed E-state index contributed by atoms with van der Waals surface area (Å²) in [5.74, 6) is 0.554. The molecule has 0 fully saturated rings. The Morgan fingerprint density at radius 3 is 2.67 bits per heavy atom. The molecule has 0 saturated heterocycles. The number of hydrogen-bond acceptors (Lipinski definition) is 4. The number of amidine groups is 1. The van der Waals surface area contributed by atoms with Gasteiger partial charge in [-0.25, -0.2) is 9.78 Å². The van der Waals surface area contributed by atoms with Crippen molar-refractivity contribution in [2.75, 3.05) is 18.1 Å². The summed E-state index contributed by atoms with van der Waals surface area (Å²) in [7, 11) is 1.55. The Morgan fingerprint density at radius 2 is 2.20 bits per heavy atom. The first-order valence-corrected chi connectivity index (χ1v) is 4.09. The van der Waals surface area contributed by atoms with Crippen LogP contribution >= 0.6 is 0 Å². The Hall–Kier alpha value is -2.31. The van der Waals surface area contributed by atoms with Gasteiger partial charge in [0.25, 0.3) is 0 Å². The lowest BCUT2D eigenvalue weighted by molar-refractivity contribution is 0.259. The lowest BCUT2D eigenvalue weighted by Gasteiger charge is -2.06. The lowest BCUT2D eigenvalue weighted by Crippen LogP contribution is -2.21. The molecule has 7 nitrogen and oxygen atoms in total. The molecule has 1 heterocycles. The maximum Gasteiger partial charge on any atom is 0.317 e. The fraction of sp³-hybridized carbons (Fsp3) is 0.125. The van der Waals surface area contributed by atoms with Crippen LogP contribution in [0, 0.1) is 0 Å². The van der Waals surface area contributed by atoms with Gasteiger partial charge in [0.2, 0.25) is 0 Å². The van der Waals surface area contributed by atoms with Gasteiger partial charge in [0.1, 0.15) is 11.7 Å². The molecule has 7 heteroatoms. The summed E-state index contributed by atoms with van der Waals surface area (Å²) < 4.78 is 0. The van der Waals surface area contributed by atoms with Gasteiger partial charge in [-0.15, -0.1) is 0 Å². The van der Waals surface area contributed by atoms with Crippen LogP contribution in [0.25, 0.3) is 0 Å². The van der Waals surface area contributed by atoms with Crippen molar-refractivity contribution in [3.63, 3.8) is 0 Å². The number of carbonyl (C=O) groups excluding carboxylic acids is 1. The molecular formula is C8H12N6O. The average Bonchev–Trinajstić information content (AvgIpc) is 2.16. The van der Waals surface area contributed by atoms with E-state index in [9.17, 15) is 4.79 Å². The molecule has 0 unspecified atom stereocenters. The zero-order chi connectivity index (χ0) is 11.4. The topological polar surface area (TPSA) is 132 Å². The van der Waals surface area contributed by atoms with E-state index in [1.807, 2.05) is 0 Å². The molecule has 15 heavy (non-hydrogen) atoms. The van der Waals surface area contributed by atoms with Crippen LogP contribution in [0.1, 0.15) is 5.56 Å². The molecule has 0 bridgehead atoms. The van der Waals surface area contributed by atoms with E-state index in [4.69, 9.17) is 17.2 Å². The molecule has 0 aliphatic heterocycles. The third kappa shape index (κ3) is 2.56. The second kappa shape index (κ2) is 4.27. The molecule has 0 aliphatic carbocycles. The Bertz CT molecular complexity index is 414. The van der Waals surface area contributed by atoms with Crippen molar-refractivity contribution in [1.29, 1.82) is 0 Å². The molecule has 80 valence electrons. The fourth-order valence-electron chi connectivity index (χ4n) is 1.000. The number of aromatic nitrogens is 1. The SMILES string of the molecule is CN=C(N)c1cnc(NC(N)=O)cc1N. The number of rotatable bonds is 2. The van der Waals surface area contributed by atoms with Crippen LogP contribution in [0.15, 0.2) is 17.3 Å². The first-order chi connectivity index (χ1) is 7.04. The van der Waals surface area contributed by atoms with Crippen molar-refractivity contribution >= 4 is 23.4 Å². The van der Waals surface area contributed by atoms with Crippen LogP contribution in [0.4, 0.5) is 16.3 Å². The largest absolute Gasteiger partial charge is 0.398 e. The third-order valence-electron chi connectivity index (χ3n) is 1.70. The van der Waals surface area contributed by atoms with Crippen LogP contribution in [-0.4, -0.2) is 23.9 Å². The third-order valence-corrected chi connectivity index (χ3v) is 1.70. The number of primary amides is 1. The summed E-state index contributed by atoms with van der Waals surface area (Å²) in [6.07, 6.45) is 1.42. The van der Waals surface area contributed by atoms with Gasteiger partial charge in [0.15, 0.2) is 0 Å². The fourth-order valence-corrected chi connectivity index (χ4v) is 1.000.